The molecule has 2 aromatic rings. The van der Waals surface area contributed by atoms with Crippen LogP contribution in [-0.4, -0.2) is 40.5 Å². The number of carbonyl (C=O) groups is 2. The number of phenolic OH excluding ortho intramolecular Hbond substituents is 1. The molecule has 0 saturated carbocycles. The summed E-state index contributed by atoms with van der Waals surface area (Å²) in [5.74, 6) is -0.806. The molecule has 1 unspecified atom stereocenters. The van der Waals surface area contributed by atoms with Crippen molar-refractivity contribution in [1.29, 1.82) is 0 Å². The molecule has 0 aromatic heterocycles. The summed E-state index contributed by atoms with van der Waals surface area (Å²) in [6.07, 6.45) is 1.60. The topological polar surface area (TPSA) is 87.1 Å². The molecule has 0 bridgehead atoms. The molecule has 2 N–H and O–H groups in total. The number of aryl methyl sites for hydroxylation is 1. The van der Waals surface area contributed by atoms with E-state index in [4.69, 9.17) is 4.74 Å². The Hall–Kier alpha value is -3.28. The SMILES string of the molecule is CCCCN1C(=O)C(=O)/C(=C(\O)c2ccc(OC)cc2C)C1c1ccc(O)cc1. The van der Waals surface area contributed by atoms with Crippen LogP contribution in [0.5, 0.6) is 11.5 Å². The van der Waals surface area contributed by atoms with E-state index in [9.17, 15) is 19.8 Å². The molecule has 6 heteroatoms. The van der Waals surface area contributed by atoms with Gasteiger partial charge in [-0.2, -0.15) is 0 Å². The number of aromatic hydroxyl groups is 1. The van der Waals surface area contributed by atoms with Crippen molar-refractivity contribution in [3.8, 4) is 11.5 Å². The Morgan fingerprint density at radius 2 is 1.83 bits per heavy atom. The zero-order valence-corrected chi connectivity index (χ0v) is 16.8. The van der Waals surface area contributed by atoms with Crippen LogP contribution in [0.4, 0.5) is 0 Å². The van der Waals surface area contributed by atoms with Crippen LogP contribution in [0.2, 0.25) is 0 Å². The highest BCUT2D eigenvalue weighted by Gasteiger charge is 2.45. The van der Waals surface area contributed by atoms with Crippen LogP contribution >= 0.6 is 0 Å². The largest absolute Gasteiger partial charge is 0.508 e. The molecule has 3 rings (SSSR count). The zero-order chi connectivity index (χ0) is 21.1. The molecule has 0 spiro atoms. The van der Waals surface area contributed by atoms with E-state index in [1.54, 1.807) is 44.4 Å². The number of unbranched alkanes of at least 4 members (excludes halogenated alkanes) is 1. The number of ether oxygens (including phenoxy) is 1. The summed E-state index contributed by atoms with van der Waals surface area (Å²) in [7, 11) is 1.55. The fourth-order valence-corrected chi connectivity index (χ4v) is 3.62. The van der Waals surface area contributed by atoms with Gasteiger partial charge in [-0.3, -0.25) is 9.59 Å². The van der Waals surface area contributed by atoms with Crippen molar-refractivity contribution < 1.29 is 24.5 Å². The van der Waals surface area contributed by atoms with E-state index in [0.717, 1.165) is 18.4 Å². The number of hydrogen-bond acceptors (Lipinski definition) is 5. The number of nitrogens with zero attached hydrogens (tertiary/aromatic N) is 1. The van der Waals surface area contributed by atoms with Crippen LogP contribution < -0.4 is 4.74 Å². The molecule has 1 aliphatic heterocycles. The van der Waals surface area contributed by atoms with Gasteiger partial charge in [-0.15, -0.1) is 0 Å². The number of Topliss-reactive ketones (excluding diaryl/α,β-unsaturated/α-hetero) is 1. The maximum Gasteiger partial charge on any atom is 0.295 e. The first kappa shape index (κ1) is 20.5. The van der Waals surface area contributed by atoms with Crippen LogP contribution in [0.3, 0.4) is 0 Å². The normalized spacial score (nSPS) is 18.3. The fraction of sp³-hybridized carbons (Fsp3) is 0.304. The number of hydrogen-bond donors (Lipinski definition) is 2. The van der Waals surface area contributed by atoms with Gasteiger partial charge >= 0.3 is 0 Å². The van der Waals surface area contributed by atoms with E-state index in [0.29, 0.717) is 23.4 Å². The summed E-state index contributed by atoms with van der Waals surface area (Å²) in [4.78, 5) is 27.2. The highest BCUT2D eigenvalue weighted by atomic mass is 16.5. The van der Waals surface area contributed by atoms with Crippen molar-refractivity contribution in [3.05, 3.63) is 64.7 Å². The second-order valence-corrected chi connectivity index (χ2v) is 7.12. The van der Waals surface area contributed by atoms with Crippen molar-refractivity contribution in [2.45, 2.75) is 32.7 Å². The predicted octanol–water partition coefficient (Wildman–Crippen LogP) is 3.93. The first-order valence-corrected chi connectivity index (χ1v) is 9.61. The minimum Gasteiger partial charge on any atom is -0.508 e. The average molecular weight is 395 g/mol. The van der Waals surface area contributed by atoms with Gasteiger partial charge in [0.05, 0.1) is 18.7 Å². The van der Waals surface area contributed by atoms with E-state index in [-0.39, 0.29) is 17.1 Å². The summed E-state index contributed by atoms with van der Waals surface area (Å²) in [6, 6.07) is 10.8. The first-order valence-electron chi connectivity index (χ1n) is 9.61. The number of aliphatic hydroxyl groups excluding tert-OH is 1. The Bertz CT molecular complexity index is 962. The summed E-state index contributed by atoms with van der Waals surface area (Å²) in [5, 5.41) is 20.7. The van der Waals surface area contributed by atoms with E-state index < -0.39 is 17.7 Å². The molecule has 1 atom stereocenters. The molecule has 2 aromatic carbocycles. The number of amides is 1. The average Bonchev–Trinajstić information content (AvgIpc) is 2.96. The number of carbonyl (C=O) groups excluding carboxylic acids is 2. The zero-order valence-electron chi connectivity index (χ0n) is 16.8. The summed E-state index contributed by atoms with van der Waals surface area (Å²) >= 11 is 0. The summed E-state index contributed by atoms with van der Waals surface area (Å²) in [6.45, 7) is 4.22. The van der Waals surface area contributed by atoms with E-state index in [1.165, 1.54) is 17.0 Å². The highest BCUT2D eigenvalue weighted by Crippen LogP contribution is 2.40. The van der Waals surface area contributed by atoms with Crippen LogP contribution in [0.15, 0.2) is 48.0 Å². The number of aliphatic hydroxyl groups is 1. The third kappa shape index (κ3) is 3.83. The molecule has 0 aliphatic carbocycles. The van der Waals surface area contributed by atoms with Crippen molar-refractivity contribution in [2.24, 2.45) is 0 Å². The van der Waals surface area contributed by atoms with Gasteiger partial charge in [-0.25, -0.2) is 0 Å². The van der Waals surface area contributed by atoms with Gasteiger partial charge in [-0.1, -0.05) is 25.5 Å². The molecule has 6 nitrogen and oxygen atoms in total. The lowest BCUT2D eigenvalue weighted by molar-refractivity contribution is -0.139. The lowest BCUT2D eigenvalue weighted by Crippen LogP contribution is -2.30. The smallest absolute Gasteiger partial charge is 0.295 e. The molecule has 1 aliphatic rings. The maximum absolute atomic E-state index is 12.9. The van der Waals surface area contributed by atoms with Gasteiger partial charge in [0.15, 0.2) is 0 Å². The van der Waals surface area contributed by atoms with Crippen LogP contribution in [0.1, 0.15) is 42.5 Å². The van der Waals surface area contributed by atoms with Gasteiger partial charge in [-0.05, 0) is 54.8 Å². The van der Waals surface area contributed by atoms with Crippen molar-refractivity contribution in [3.63, 3.8) is 0 Å². The Labute approximate surface area is 170 Å². The highest BCUT2D eigenvalue weighted by molar-refractivity contribution is 6.46. The number of methoxy groups -OCH3 is 1. The van der Waals surface area contributed by atoms with Crippen molar-refractivity contribution in [1.82, 2.24) is 4.90 Å². The van der Waals surface area contributed by atoms with Gasteiger partial charge in [0.1, 0.15) is 17.3 Å². The van der Waals surface area contributed by atoms with Crippen molar-refractivity contribution in [2.75, 3.05) is 13.7 Å². The van der Waals surface area contributed by atoms with Crippen molar-refractivity contribution >= 4 is 17.4 Å². The third-order valence-corrected chi connectivity index (χ3v) is 5.19. The molecular formula is C23H25NO5. The predicted molar refractivity (Wildman–Crippen MR) is 110 cm³/mol. The number of ketones is 1. The Kier molecular flexibility index (Phi) is 5.92. The quantitative estimate of drug-likeness (QED) is 0.440. The molecular weight excluding hydrogens is 370 g/mol. The number of benzene rings is 2. The molecule has 1 fully saturated rings. The molecule has 152 valence electrons. The molecule has 1 saturated heterocycles. The second kappa shape index (κ2) is 8.39. The Morgan fingerprint density at radius 3 is 2.41 bits per heavy atom. The Balaban J connectivity index is 2.17. The second-order valence-electron chi connectivity index (χ2n) is 7.12. The van der Waals surface area contributed by atoms with Crippen LogP contribution in [0.25, 0.3) is 5.76 Å². The standard InChI is InChI=1S/C23H25NO5/c1-4-5-12-24-20(15-6-8-16(25)9-7-15)19(22(27)23(24)28)21(26)18-11-10-17(29-3)13-14(18)2/h6-11,13,20,25-26H,4-5,12H2,1-3H3/b21-19-. The molecule has 29 heavy (non-hydrogen) atoms. The minimum atomic E-state index is -0.705. The van der Waals surface area contributed by atoms with E-state index >= 15 is 0 Å². The van der Waals surface area contributed by atoms with Gasteiger partial charge in [0.25, 0.3) is 11.7 Å². The maximum atomic E-state index is 12.9. The minimum absolute atomic E-state index is 0.0602. The van der Waals surface area contributed by atoms with Gasteiger partial charge in [0.2, 0.25) is 0 Å². The lowest BCUT2D eigenvalue weighted by Gasteiger charge is -2.25. The third-order valence-electron chi connectivity index (χ3n) is 5.19. The summed E-state index contributed by atoms with van der Waals surface area (Å²) < 4.78 is 5.21. The Morgan fingerprint density at radius 1 is 1.14 bits per heavy atom. The van der Waals surface area contributed by atoms with Gasteiger partial charge < -0.3 is 19.8 Å². The number of rotatable bonds is 6. The monoisotopic (exact) mass is 395 g/mol. The van der Waals surface area contributed by atoms with E-state index in [1.807, 2.05) is 6.92 Å². The first-order chi connectivity index (χ1) is 13.9. The summed E-state index contributed by atoms with van der Waals surface area (Å²) in [5.41, 5.74) is 1.92. The number of phenols is 1. The molecule has 0 radical (unpaired) electrons. The number of likely N-dealkylation sites (tertiary alicyclic amines) is 1. The fourth-order valence-electron chi connectivity index (χ4n) is 3.62. The van der Waals surface area contributed by atoms with E-state index in [2.05, 4.69) is 0 Å². The molecule has 1 amide bonds. The van der Waals surface area contributed by atoms with Gasteiger partial charge in [0, 0.05) is 12.1 Å². The molecule has 1 heterocycles. The van der Waals surface area contributed by atoms with Crippen LogP contribution in [0, 0.1) is 6.92 Å². The van der Waals surface area contributed by atoms with Crippen LogP contribution in [-0.2, 0) is 9.59 Å². The lowest BCUT2D eigenvalue weighted by atomic mass is 9.93.